The highest BCUT2D eigenvalue weighted by atomic mass is 16.5. The van der Waals surface area contributed by atoms with Gasteiger partial charge in [-0.25, -0.2) is 4.79 Å². The average Bonchev–Trinajstić information content (AvgIpc) is 3.33. The minimum absolute atomic E-state index is 0.0132. The lowest BCUT2D eigenvalue weighted by atomic mass is 9.67. The number of nitrogens with zero attached hydrogens (tertiary/aromatic N) is 3. The Morgan fingerprint density at radius 1 is 1.31 bits per heavy atom. The molecule has 1 saturated heterocycles. The van der Waals surface area contributed by atoms with Crippen LogP contribution in [0.15, 0.2) is 9.79 Å². The van der Waals surface area contributed by atoms with Crippen molar-refractivity contribution in [2.75, 3.05) is 13.2 Å². The zero-order valence-corrected chi connectivity index (χ0v) is 20.6. The Balaban J connectivity index is 1.55. The second kappa shape index (κ2) is 8.47. The first-order valence-corrected chi connectivity index (χ1v) is 12.2. The first-order valence-electron chi connectivity index (χ1n) is 12.2. The zero-order chi connectivity index (χ0) is 23.3. The van der Waals surface area contributed by atoms with Crippen LogP contribution in [0.4, 0.5) is 0 Å². The lowest BCUT2D eigenvalue weighted by Crippen LogP contribution is -2.52. The number of fused-ring (bicyclic) bond motifs is 1. The lowest BCUT2D eigenvalue weighted by molar-refractivity contribution is -0.127. The van der Waals surface area contributed by atoms with E-state index in [1.165, 1.54) is 0 Å². The molecule has 4 atom stereocenters. The van der Waals surface area contributed by atoms with Crippen LogP contribution in [0.3, 0.4) is 0 Å². The van der Waals surface area contributed by atoms with Crippen molar-refractivity contribution in [3.05, 3.63) is 21.3 Å². The Labute approximate surface area is 190 Å². The molecular weight excluding hydrogens is 404 g/mol. The van der Waals surface area contributed by atoms with Gasteiger partial charge in [-0.2, -0.15) is 0 Å². The molecule has 0 spiro atoms. The summed E-state index contributed by atoms with van der Waals surface area (Å²) < 4.78 is 9.00. The quantitative estimate of drug-likeness (QED) is 0.769. The number of hydrogen-bond donors (Lipinski definition) is 1. The van der Waals surface area contributed by atoms with E-state index >= 15 is 0 Å². The summed E-state index contributed by atoms with van der Waals surface area (Å²) in [7, 11) is 1.83. The number of amides is 1. The second-order valence-electron chi connectivity index (χ2n) is 12.0. The molecule has 1 amide bonds. The smallest absolute Gasteiger partial charge is 0.330 e. The predicted octanol–water partition coefficient (Wildman–Crippen LogP) is 1.75. The fourth-order valence-corrected chi connectivity index (χ4v) is 5.49. The Morgan fingerprint density at radius 3 is 2.72 bits per heavy atom. The van der Waals surface area contributed by atoms with Gasteiger partial charge in [0.1, 0.15) is 0 Å². The van der Waals surface area contributed by atoms with Gasteiger partial charge in [-0.15, -0.1) is 0 Å². The van der Waals surface area contributed by atoms with Crippen molar-refractivity contribution in [3.63, 3.8) is 0 Å². The minimum Gasteiger partial charge on any atom is -0.381 e. The molecule has 1 saturated carbocycles. The molecule has 2 fully saturated rings. The van der Waals surface area contributed by atoms with E-state index in [1.807, 2.05) is 11.6 Å². The van der Waals surface area contributed by atoms with Crippen molar-refractivity contribution in [2.45, 2.75) is 85.4 Å². The largest absolute Gasteiger partial charge is 0.381 e. The van der Waals surface area contributed by atoms with E-state index in [4.69, 9.17) is 9.73 Å². The molecule has 4 rings (SSSR count). The molecule has 0 bridgehead atoms. The third kappa shape index (κ3) is 4.59. The third-order valence-electron chi connectivity index (χ3n) is 7.63. The summed E-state index contributed by atoms with van der Waals surface area (Å²) in [5, 5.41) is 4.32. The highest BCUT2D eigenvalue weighted by Crippen LogP contribution is 2.41. The monoisotopic (exact) mass is 444 g/mol. The normalized spacial score (nSPS) is 29.7. The molecule has 3 heterocycles. The van der Waals surface area contributed by atoms with Crippen molar-refractivity contribution in [1.82, 2.24) is 14.5 Å². The van der Waals surface area contributed by atoms with E-state index in [1.54, 1.807) is 4.57 Å². The van der Waals surface area contributed by atoms with Gasteiger partial charge in [-0.1, -0.05) is 40.7 Å². The van der Waals surface area contributed by atoms with Crippen LogP contribution in [0.2, 0.25) is 0 Å². The van der Waals surface area contributed by atoms with E-state index in [0.717, 1.165) is 42.9 Å². The fourth-order valence-electron chi connectivity index (χ4n) is 5.49. The molecule has 7 nitrogen and oxygen atoms in total. The number of carbonyl (C=O) groups is 1. The number of ether oxygens (including phenoxy) is 1. The number of hydrogen-bond acceptors (Lipinski definition) is 4. The average molecular weight is 445 g/mol. The molecule has 178 valence electrons. The van der Waals surface area contributed by atoms with Crippen LogP contribution < -0.4 is 21.8 Å². The summed E-state index contributed by atoms with van der Waals surface area (Å²) in [6.07, 6.45) is 6.97. The van der Waals surface area contributed by atoms with Gasteiger partial charge in [0.25, 0.3) is 0 Å². The SMILES string of the molecule is Cn1c2c(n(CC(C)(C)C)c1=O)=CCC(C1CCC(C)(C)C(NC(=O)C3CCOC3)C1)N=2. The predicted molar refractivity (Wildman–Crippen MR) is 125 cm³/mol. The molecule has 0 aromatic carbocycles. The van der Waals surface area contributed by atoms with Crippen molar-refractivity contribution in [1.29, 1.82) is 0 Å². The van der Waals surface area contributed by atoms with Crippen molar-refractivity contribution < 1.29 is 9.53 Å². The van der Waals surface area contributed by atoms with Crippen LogP contribution in [0, 0.1) is 22.7 Å². The molecule has 1 aliphatic carbocycles. The Hall–Kier alpha value is -1.89. The second-order valence-corrected chi connectivity index (χ2v) is 12.0. The molecule has 2 aliphatic heterocycles. The fraction of sp³-hybridized carbons (Fsp3) is 0.800. The number of carbonyl (C=O) groups excluding carboxylic acids is 1. The zero-order valence-electron chi connectivity index (χ0n) is 20.6. The number of imidazole rings is 1. The van der Waals surface area contributed by atoms with Crippen LogP contribution in [-0.4, -0.2) is 40.3 Å². The molecule has 0 radical (unpaired) electrons. The van der Waals surface area contributed by atoms with E-state index in [-0.39, 0.29) is 40.4 Å². The van der Waals surface area contributed by atoms with Crippen molar-refractivity contribution in [3.8, 4) is 0 Å². The van der Waals surface area contributed by atoms with Gasteiger partial charge in [0.15, 0.2) is 5.49 Å². The van der Waals surface area contributed by atoms with Gasteiger partial charge in [0, 0.05) is 26.2 Å². The highest BCUT2D eigenvalue weighted by molar-refractivity contribution is 5.79. The van der Waals surface area contributed by atoms with E-state index in [0.29, 0.717) is 25.7 Å². The number of rotatable bonds is 4. The molecule has 4 unspecified atom stereocenters. The minimum atomic E-state index is -0.0152. The third-order valence-corrected chi connectivity index (χ3v) is 7.63. The van der Waals surface area contributed by atoms with Crippen LogP contribution in [0.25, 0.3) is 6.08 Å². The first kappa shape index (κ1) is 23.3. The van der Waals surface area contributed by atoms with E-state index in [2.05, 4.69) is 46.0 Å². The van der Waals surface area contributed by atoms with E-state index in [9.17, 15) is 9.59 Å². The van der Waals surface area contributed by atoms with Gasteiger partial charge < -0.3 is 10.1 Å². The standard InChI is InChI=1S/C25H40N4O3/c1-24(2,3)15-29-19-8-7-18(26-21(19)28(6)23(29)31)16-9-11-25(4,5)20(13-16)27-22(30)17-10-12-32-14-17/h8,16-18,20H,7,9-15H2,1-6H3,(H,27,30). The maximum atomic E-state index is 12.9. The topological polar surface area (TPSA) is 77.6 Å². The summed E-state index contributed by atoms with van der Waals surface area (Å²) in [4.78, 5) is 30.8. The van der Waals surface area contributed by atoms with Gasteiger partial charge in [-0.3, -0.25) is 18.9 Å². The summed E-state index contributed by atoms with van der Waals surface area (Å²) >= 11 is 0. The Bertz CT molecular complexity index is 1040. The summed E-state index contributed by atoms with van der Waals surface area (Å²) in [5.41, 5.74) is 0.912. The van der Waals surface area contributed by atoms with Crippen molar-refractivity contribution >= 4 is 12.0 Å². The molecule has 32 heavy (non-hydrogen) atoms. The molecule has 1 aromatic rings. The van der Waals surface area contributed by atoms with Crippen LogP contribution in [0.5, 0.6) is 0 Å². The summed E-state index contributed by atoms with van der Waals surface area (Å²) in [6.45, 7) is 12.9. The Kier molecular flexibility index (Phi) is 6.16. The van der Waals surface area contributed by atoms with E-state index < -0.39 is 0 Å². The van der Waals surface area contributed by atoms with Gasteiger partial charge in [0.2, 0.25) is 5.91 Å². The Morgan fingerprint density at radius 2 is 2.06 bits per heavy atom. The van der Waals surface area contributed by atoms with Gasteiger partial charge in [-0.05, 0) is 48.9 Å². The van der Waals surface area contributed by atoms with Gasteiger partial charge in [0.05, 0.1) is 23.9 Å². The van der Waals surface area contributed by atoms with Crippen LogP contribution >= 0.6 is 0 Å². The molecule has 7 heteroatoms. The van der Waals surface area contributed by atoms with Gasteiger partial charge >= 0.3 is 5.69 Å². The maximum absolute atomic E-state index is 12.9. The van der Waals surface area contributed by atoms with Crippen LogP contribution in [0.1, 0.15) is 66.7 Å². The molecule has 1 N–H and O–H groups in total. The van der Waals surface area contributed by atoms with Crippen molar-refractivity contribution in [2.24, 2.45) is 34.7 Å². The number of aromatic nitrogens is 2. The highest BCUT2D eigenvalue weighted by Gasteiger charge is 2.41. The van der Waals surface area contributed by atoms with Crippen LogP contribution in [-0.2, 0) is 23.1 Å². The molecular formula is C25H40N4O3. The molecule has 1 aromatic heterocycles. The number of nitrogens with one attached hydrogen (secondary N) is 1. The molecule has 3 aliphatic rings. The lowest BCUT2D eigenvalue weighted by Gasteiger charge is -2.44. The summed E-state index contributed by atoms with van der Waals surface area (Å²) in [6, 6.07) is 0.296. The maximum Gasteiger partial charge on any atom is 0.330 e. The first-order chi connectivity index (χ1) is 15.0. The summed E-state index contributed by atoms with van der Waals surface area (Å²) in [5.74, 6) is 0.523.